The third-order valence-electron chi connectivity index (χ3n) is 6.11. The molecule has 0 saturated heterocycles. The van der Waals surface area contributed by atoms with E-state index in [0.717, 1.165) is 66.8 Å². The number of nitrogens with one attached hydrogen (secondary N) is 1. The maximum Gasteiger partial charge on any atom is 0.251 e. The van der Waals surface area contributed by atoms with Gasteiger partial charge in [0, 0.05) is 23.6 Å². The van der Waals surface area contributed by atoms with Crippen molar-refractivity contribution >= 4 is 28.5 Å². The molecule has 0 saturated carbocycles. The average Bonchev–Trinajstić information content (AvgIpc) is 3.25. The van der Waals surface area contributed by atoms with Crippen molar-refractivity contribution in [2.24, 2.45) is 0 Å². The second-order valence-corrected chi connectivity index (χ2v) is 9.13. The maximum atomic E-state index is 12.2. The Labute approximate surface area is 217 Å². The van der Waals surface area contributed by atoms with E-state index in [-0.39, 0.29) is 5.91 Å². The molecule has 4 aromatic rings. The molecule has 1 heterocycles. The van der Waals surface area contributed by atoms with Crippen LogP contribution in [0.1, 0.15) is 41.0 Å². The number of halogens is 1. The van der Waals surface area contributed by atoms with Crippen LogP contribution in [0.3, 0.4) is 0 Å². The van der Waals surface area contributed by atoms with Crippen molar-refractivity contribution in [3.8, 4) is 5.75 Å². The van der Waals surface area contributed by atoms with Gasteiger partial charge in [-0.1, -0.05) is 54.4 Å². The summed E-state index contributed by atoms with van der Waals surface area (Å²) in [6.07, 6.45) is 6.50. The number of amides is 1. The topological polar surface area (TPSA) is 56.1 Å². The minimum Gasteiger partial charge on any atom is -0.491 e. The van der Waals surface area contributed by atoms with Crippen LogP contribution < -0.4 is 10.1 Å². The molecule has 186 valence electrons. The molecule has 0 bridgehead atoms. The van der Waals surface area contributed by atoms with Crippen LogP contribution in [0.4, 0.5) is 0 Å². The molecular weight excluding hydrogens is 470 g/mol. The number of rotatable bonds is 13. The summed E-state index contributed by atoms with van der Waals surface area (Å²) in [7, 11) is 0. The first-order chi connectivity index (χ1) is 17.7. The Morgan fingerprint density at radius 2 is 1.78 bits per heavy atom. The lowest BCUT2D eigenvalue weighted by molar-refractivity contribution is 0.0953. The molecule has 6 heteroatoms. The van der Waals surface area contributed by atoms with Crippen molar-refractivity contribution in [1.82, 2.24) is 14.9 Å². The van der Waals surface area contributed by atoms with Gasteiger partial charge in [-0.2, -0.15) is 0 Å². The van der Waals surface area contributed by atoms with Crippen molar-refractivity contribution in [3.63, 3.8) is 0 Å². The molecule has 5 nitrogen and oxygen atoms in total. The van der Waals surface area contributed by atoms with Crippen LogP contribution in [0.2, 0.25) is 5.02 Å². The largest absolute Gasteiger partial charge is 0.491 e. The van der Waals surface area contributed by atoms with Crippen LogP contribution in [0.15, 0.2) is 85.5 Å². The summed E-state index contributed by atoms with van der Waals surface area (Å²) in [5.74, 6) is 1.91. The quantitative estimate of drug-likeness (QED) is 0.165. The van der Waals surface area contributed by atoms with E-state index in [1.807, 2.05) is 36.4 Å². The molecule has 0 fully saturated rings. The molecule has 0 aliphatic rings. The number of imidazole rings is 1. The summed E-state index contributed by atoms with van der Waals surface area (Å²) in [6, 6.07) is 23.3. The number of benzene rings is 3. The fourth-order valence-corrected chi connectivity index (χ4v) is 4.40. The van der Waals surface area contributed by atoms with Gasteiger partial charge < -0.3 is 14.6 Å². The van der Waals surface area contributed by atoms with E-state index in [2.05, 4.69) is 34.7 Å². The molecule has 1 aromatic heterocycles. The smallest absolute Gasteiger partial charge is 0.251 e. The fraction of sp³-hybridized carbons (Fsp3) is 0.267. The zero-order valence-electron chi connectivity index (χ0n) is 20.5. The zero-order valence-corrected chi connectivity index (χ0v) is 21.2. The Bertz CT molecular complexity index is 1300. The van der Waals surface area contributed by atoms with Crippen LogP contribution in [0.25, 0.3) is 11.0 Å². The highest BCUT2D eigenvalue weighted by molar-refractivity contribution is 6.30. The van der Waals surface area contributed by atoms with Crippen LogP contribution in [-0.2, 0) is 19.4 Å². The molecule has 4 rings (SSSR count). The van der Waals surface area contributed by atoms with Gasteiger partial charge in [0.1, 0.15) is 18.2 Å². The second-order valence-electron chi connectivity index (χ2n) is 8.69. The van der Waals surface area contributed by atoms with E-state index in [1.54, 1.807) is 24.3 Å². The summed E-state index contributed by atoms with van der Waals surface area (Å²) in [5, 5.41) is 3.61. The van der Waals surface area contributed by atoms with Gasteiger partial charge in [0.15, 0.2) is 0 Å². The van der Waals surface area contributed by atoms with Gasteiger partial charge in [-0.15, -0.1) is 6.58 Å². The number of aromatic nitrogens is 2. The van der Waals surface area contributed by atoms with E-state index in [1.165, 1.54) is 0 Å². The van der Waals surface area contributed by atoms with Crippen molar-refractivity contribution in [1.29, 1.82) is 0 Å². The standard InChI is InChI=1S/C30H32ClN3O2/c1-2-10-23-11-5-8-14-28(23)36-22-21-34-27-13-7-6-12-26(27)33-29(34)15-4-3-9-20-32-30(35)24-16-18-25(31)19-17-24/h2,5-8,11-14,16-19H,1,3-4,9-10,15,20-22H2,(H,32,35). The highest BCUT2D eigenvalue weighted by Crippen LogP contribution is 2.21. The number of hydrogen-bond acceptors (Lipinski definition) is 3. The Morgan fingerprint density at radius 3 is 2.61 bits per heavy atom. The molecule has 0 spiro atoms. The monoisotopic (exact) mass is 501 g/mol. The van der Waals surface area contributed by atoms with Gasteiger partial charge in [-0.05, 0) is 67.3 Å². The predicted molar refractivity (Wildman–Crippen MR) is 147 cm³/mol. The summed E-state index contributed by atoms with van der Waals surface area (Å²) in [5.41, 5.74) is 3.91. The molecule has 36 heavy (non-hydrogen) atoms. The van der Waals surface area contributed by atoms with Gasteiger partial charge in [0.05, 0.1) is 17.6 Å². The fourth-order valence-electron chi connectivity index (χ4n) is 4.27. The van der Waals surface area contributed by atoms with Gasteiger partial charge in [-0.25, -0.2) is 4.98 Å². The van der Waals surface area contributed by atoms with Crippen LogP contribution in [-0.4, -0.2) is 28.6 Å². The number of unbranched alkanes of at least 4 members (excludes halogenated alkanes) is 2. The molecule has 0 aliphatic carbocycles. The van der Waals surface area contributed by atoms with Crippen molar-refractivity contribution in [3.05, 3.63) is 107 Å². The Morgan fingerprint density at radius 1 is 1.00 bits per heavy atom. The molecule has 1 N–H and O–H groups in total. The number of nitrogens with zero attached hydrogens (tertiary/aromatic N) is 2. The van der Waals surface area contributed by atoms with E-state index in [0.29, 0.717) is 23.7 Å². The highest BCUT2D eigenvalue weighted by atomic mass is 35.5. The van der Waals surface area contributed by atoms with Gasteiger partial charge >= 0.3 is 0 Å². The van der Waals surface area contributed by atoms with Crippen molar-refractivity contribution < 1.29 is 9.53 Å². The number of allylic oxidation sites excluding steroid dienone is 1. The average molecular weight is 502 g/mol. The van der Waals surface area contributed by atoms with Gasteiger partial charge in [0.25, 0.3) is 5.91 Å². The van der Waals surface area contributed by atoms with Gasteiger partial charge in [0.2, 0.25) is 0 Å². The Kier molecular flexibility index (Phi) is 9.17. The number of ether oxygens (including phenoxy) is 1. The Hall–Kier alpha value is -3.57. The number of carbonyl (C=O) groups excluding carboxylic acids is 1. The predicted octanol–water partition coefficient (Wildman–Crippen LogP) is 6.64. The molecule has 0 radical (unpaired) electrons. The molecule has 3 aromatic carbocycles. The summed E-state index contributed by atoms with van der Waals surface area (Å²) < 4.78 is 8.42. The minimum absolute atomic E-state index is 0.0666. The summed E-state index contributed by atoms with van der Waals surface area (Å²) in [4.78, 5) is 17.1. The van der Waals surface area contributed by atoms with Crippen molar-refractivity contribution in [2.75, 3.05) is 13.2 Å². The van der Waals surface area contributed by atoms with Crippen LogP contribution >= 0.6 is 11.6 Å². The molecule has 0 atom stereocenters. The van der Waals surface area contributed by atoms with Gasteiger partial charge in [-0.3, -0.25) is 4.79 Å². The number of para-hydroxylation sites is 3. The Balaban J connectivity index is 1.28. The first kappa shape index (κ1) is 25.5. The third-order valence-corrected chi connectivity index (χ3v) is 6.36. The summed E-state index contributed by atoms with van der Waals surface area (Å²) in [6.45, 7) is 5.79. The molecular formula is C30H32ClN3O2. The summed E-state index contributed by atoms with van der Waals surface area (Å²) >= 11 is 5.89. The van der Waals surface area contributed by atoms with Crippen LogP contribution in [0.5, 0.6) is 5.75 Å². The number of fused-ring (bicyclic) bond motifs is 1. The normalized spacial score (nSPS) is 10.9. The zero-order chi connectivity index (χ0) is 25.2. The lowest BCUT2D eigenvalue weighted by Crippen LogP contribution is -2.24. The molecule has 0 unspecified atom stereocenters. The lowest BCUT2D eigenvalue weighted by atomic mass is 10.1. The molecule has 0 aliphatic heterocycles. The van der Waals surface area contributed by atoms with E-state index in [4.69, 9.17) is 21.3 Å². The number of carbonyl (C=O) groups is 1. The number of hydrogen-bond donors (Lipinski definition) is 1. The maximum absolute atomic E-state index is 12.2. The highest BCUT2D eigenvalue weighted by Gasteiger charge is 2.11. The van der Waals surface area contributed by atoms with E-state index < -0.39 is 0 Å². The first-order valence-electron chi connectivity index (χ1n) is 12.4. The third kappa shape index (κ3) is 6.76. The minimum atomic E-state index is -0.0666. The second kappa shape index (κ2) is 12.9. The SMILES string of the molecule is C=CCc1ccccc1OCCn1c(CCCCCNC(=O)c2ccc(Cl)cc2)nc2ccccc21. The number of aryl methyl sites for hydroxylation is 1. The van der Waals surface area contributed by atoms with Crippen LogP contribution in [0, 0.1) is 0 Å². The molecule has 1 amide bonds. The van der Waals surface area contributed by atoms with Crippen molar-refractivity contribution in [2.45, 2.75) is 38.6 Å². The van der Waals surface area contributed by atoms with E-state index >= 15 is 0 Å². The first-order valence-corrected chi connectivity index (χ1v) is 12.8. The van der Waals surface area contributed by atoms with E-state index in [9.17, 15) is 4.79 Å². The lowest BCUT2D eigenvalue weighted by Gasteiger charge is -2.13.